The lowest BCUT2D eigenvalue weighted by Crippen LogP contribution is -2.37. The first-order chi connectivity index (χ1) is 7.20. The van der Waals surface area contributed by atoms with Crippen LogP contribution in [0.1, 0.15) is 11.1 Å². The van der Waals surface area contributed by atoms with Crippen molar-refractivity contribution in [3.05, 3.63) is 23.3 Å². The third-order valence-corrected chi connectivity index (χ3v) is 3.00. The zero-order valence-corrected chi connectivity index (χ0v) is 9.42. The molecule has 0 radical (unpaired) electrons. The van der Waals surface area contributed by atoms with Gasteiger partial charge in [-0.2, -0.15) is 0 Å². The Labute approximate surface area is 90.8 Å². The maximum atomic E-state index is 5.94. The van der Waals surface area contributed by atoms with Crippen LogP contribution in [0.25, 0.3) is 0 Å². The fraction of sp³-hybridized carbons (Fsp3) is 0.500. The molecule has 15 heavy (non-hydrogen) atoms. The predicted octanol–water partition coefficient (Wildman–Crippen LogP) is 1.72. The second-order valence-corrected chi connectivity index (χ2v) is 4.04. The Balaban J connectivity index is 2.36. The molecular weight excluding hydrogens is 188 g/mol. The monoisotopic (exact) mass is 206 g/mol. The number of benzene rings is 1. The summed E-state index contributed by atoms with van der Waals surface area (Å²) in [6.45, 7) is 7.78. The minimum atomic E-state index is 0.813. The molecule has 0 amide bonds. The molecular formula is C12H18N2O. The molecule has 82 valence electrons. The second kappa shape index (κ2) is 4.11. The van der Waals surface area contributed by atoms with E-state index >= 15 is 0 Å². The van der Waals surface area contributed by atoms with Gasteiger partial charge in [-0.15, -0.1) is 0 Å². The smallest absolute Gasteiger partial charge is 0.0642 e. The van der Waals surface area contributed by atoms with Gasteiger partial charge in [0.25, 0.3) is 0 Å². The summed E-state index contributed by atoms with van der Waals surface area (Å²) in [5, 5.41) is 0. The molecule has 1 aliphatic rings. The van der Waals surface area contributed by atoms with Crippen LogP contribution in [0, 0.1) is 13.8 Å². The van der Waals surface area contributed by atoms with Gasteiger partial charge in [-0.3, -0.25) is 0 Å². The molecule has 1 fully saturated rings. The van der Waals surface area contributed by atoms with E-state index in [0.29, 0.717) is 0 Å². The SMILES string of the molecule is Cc1ccc(N)c(C)c1N1CCOCC1. The van der Waals surface area contributed by atoms with Crippen LogP contribution in [0.5, 0.6) is 0 Å². The molecule has 1 aromatic rings. The highest BCUT2D eigenvalue weighted by atomic mass is 16.5. The van der Waals surface area contributed by atoms with E-state index in [4.69, 9.17) is 10.5 Å². The molecule has 0 unspecified atom stereocenters. The van der Waals surface area contributed by atoms with Crippen molar-refractivity contribution >= 4 is 11.4 Å². The van der Waals surface area contributed by atoms with Crippen molar-refractivity contribution in [3.63, 3.8) is 0 Å². The Kier molecular flexibility index (Phi) is 2.82. The van der Waals surface area contributed by atoms with E-state index < -0.39 is 0 Å². The summed E-state index contributed by atoms with van der Waals surface area (Å²) < 4.78 is 5.36. The number of hydrogen-bond acceptors (Lipinski definition) is 3. The first-order valence-electron chi connectivity index (χ1n) is 5.38. The van der Waals surface area contributed by atoms with Gasteiger partial charge in [0.15, 0.2) is 0 Å². The number of nitrogens with two attached hydrogens (primary N) is 1. The van der Waals surface area contributed by atoms with Crippen molar-refractivity contribution in [1.29, 1.82) is 0 Å². The third kappa shape index (κ3) is 1.92. The van der Waals surface area contributed by atoms with Gasteiger partial charge in [0.2, 0.25) is 0 Å². The van der Waals surface area contributed by atoms with E-state index in [1.165, 1.54) is 16.8 Å². The standard InChI is InChI=1S/C12H18N2O/c1-9-3-4-11(13)10(2)12(9)14-5-7-15-8-6-14/h3-4H,5-8,13H2,1-2H3. The van der Waals surface area contributed by atoms with E-state index in [2.05, 4.69) is 24.8 Å². The number of nitrogens with zero attached hydrogens (tertiary/aromatic N) is 1. The van der Waals surface area contributed by atoms with Crippen LogP contribution in [0.2, 0.25) is 0 Å². The zero-order chi connectivity index (χ0) is 10.8. The number of anilines is 2. The van der Waals surface area contributed by atoms with Gasteiger partial charge in [-0.25, -0.2) is 0 Å². The van der Waals surface area contributed by atoms with Gasteiger partial charge in [0.05, 0.1) is 13.2 Å². The lowest BCUT2D eigenvalue weighted by Gasteiger charge is -2.31. The zero-order valence-electron chi connectivity index (χ0n) is 9.42. The Hall–Kier alpha value is -1.22. The quantitative estimate of drug-likeness (QED) is 0.711. The van der Waals surface area contributed by atoms with Crippen molar-refractivity contribution in [2.24, 2.45) is 0 Å². The molecule has 1 heterocycles. The van der Waals surface area contributed by atoms with E-state index in [-0.39, 0.29) is 0 Å². The molecule has 0 spiro atoms. The summed E-state index contributed by atoms with van der Waals surface area (Å²) >= 11 is 0. The van der Waals surface area contributed by atoms with Crippen molar-refractivity contribution in [2.75, 3.05) is 36.9 Å². The van der Waals surface area contributed by atoms with Crippen LogP contribution >= 0.6 is 0 Å². The first kappa shape index (κ1) is 10.3. The van der Waals surface area contributed by atoms with E-state index in [0.717, 1.165) is 32.0 Å². The fourth-order valence-electron chi connectivity index (χ4n) is 2.12. The van der Waals surface area contributed by atoms with Gasteiger partial charge < -0.3 is 15.4 Å². The first-order valence-corrected chi connectivity index (χ1v) is 5.38. The Bertz CT molecular complexity index is 357. The summed E-state index contributed by atoms with van der Waals surface area (Å²) in [5.74, 6) is 0. The Morgan fingerprint density at radius 1 is 1.20 bits per heavy atom. The number of nitrogen functional groups attached to an aromatic ring is 1. The van der Waals surface area contributed by atoms with Gasteiger partial charge in [0.1, 0.15) is 0 Å². The highest BCUT2D eigenvalue weighted by Crippen LogP contribution is 2.29. The molecule has 1 saturated heterocycles. The summed E-state index contributed by atoms with van der Waals surface area (Å²) in [4.78, 5) is 2.37. The maximum absolute atomic E-state index is 5.94. The largest absolute Gasteiger partial charge is 0.398 e. The highest BCUT2D eigenvalue weighted by Gasteiger charge is 2.16. The molecule has 2 N–H and O–H groups in total. The van der Waals surface area contributed by atoms with Crippen LogP contribution < -0.4 is 10.6 Å². The van der Waals surface area contributed by atoms with Crippen LogP contribution in [0.3, 0.4) is 0 Å². The summed E-state index contributed by atoms with van der Waals surface area (Å²) in [5.41, 5.74) is 10.6. The fourth-order valence-corrected chi connectivity index (χ4v) is 2.12. The average molecular weight is 206 g/mol. The molecule has 1 aliphatic heterocycles. The lowest BCUT2D eigenvalue weighted by molar-refractivity contribution is 0.122. The minimum Gasteiger partial charge on any atom is -0.398 e. The molecule has 3 nitrogen and oxygen atoms in total. The molecule has 0 bridgehead atoms. The maximum Gasteiger partial charge on any atom is 0.0642 e. The average Bonchev–Trinajstić information content (AvgIpc) is 2.26. The summed E-state index contributed by atoms with van der Waals surface area (Å²) in [7, 11) is 0. The van der Waals surface area contributed by atoms with Crippen LogP contribution in [-0.2, 0) is 4.74 Å². The molecule has 1 aromatic carbocycles. The number of hydrogen-bond donors (Lipinski definition) is 1. The lowest BCUT2D eigenvalue weighted by atomic mass is 10.1. The minimum absolute atomic E-state index is 0.813. The number of morpholine rings is 1. The summed E-state index contributed by atoms with van der Waals surface area (Å²) in [6.07, 6.45) is 0. The second-order valence-electron chi connectivity index (χ2n) is 4.04. The molecule has 0 aromatic heterocycles. The molecule has 3 heteroatoms. The van der Waals surface area contributed by atoms with Gasteiger partial charge in [-0.05, 0) is 31.0 Å². The van der Waals surface area contributed by atoms with Crippen LogP contribution in [0.15, 0.2) is 12.1 Å². The number of ether oxygens (including phenoxy) is 1. The van der Waals surface area contributed by atoms with Crippen molar-refractivity contribution in [3.8, 4) is 0 Å². The van der Waals surface area contributed by atoms with E-state index in [1.54, 1.807) is 0 Å². The molecule has 0 atom stereocenters. The predicted molar refractivity (Wildman–Crippen MR) is 63.4 cm³/mol. The highest BCUT2D eigenvalue weighted by molar-refractivity contribution is 5.68. The van der Waals surface area contributed by atoms with E-state index in [9.17, 15) is 0 Å². The normalized spacial score (nSPS) is 16.8. The Morgan fingerprint density at radius 3 is 2.53 bits per heavy atom. The van der Waals surface area contributed by atoms with Crippen molar-refractivity contribution in [2.45, 2.75) is 13.8 Å². The third-order valence-electron chi connectivity index (χ3n) is 3.00. The topological polar surface area (TPSA) is 38.5 Å². The van der Waals surface area contributed by atoms with Gasteiger partial charge >= 0.3 is 0 Å². The molecule has 0 saturated carbocycles. The van der Waals surface area contributed by atoms with Gasteiger partial charge in [-0.1, -0.05) is 6.07 Å². The van der Waals surface area contributed by atoms with Crippen molar-refractivity contribution < 1.29 is 4.74 Å². The summed E-state index contributed by atoms with van der Waals surface area (Å²) in [6, 6.07) is 4.07. The van der Waals surface area contributed by atoms with E-state index in [1.807, 2.05) is 6.07 Å². The Morgan fingerprint density at radius 2 is 1.87 bits per heavy atom. The van der Waals surface area contributed by atoms with Crippen molar-refractivity contribution in [1.82, 2.24) is 0 Å². The molecule has 0 aliphatic carbocycles. The van der Waals surface area contributed by atoms with Crippen LogP contribution in [0.4, 0.5) is 11.4 Å². The molecule has 2 rings (SSSR count). The number of rotatable bonds is 1. The number of aryl methyl sites for hydroxylation is 1. The van der Waals surface area contributed by atoms with Gasteiger partial charge in [0, 0.05) is 24.5 Å². The van der Waals surface area contributed by atoms with Crippen LogP contribution in [-0.4, -0.2) is 26.3 Å².